The molecule has 5 heteroatoms. The average molecular weight is 300 g/mol. The van der Waals surface area contributed by atoms with E-state index in [-0.39, 0.29) is 5.33 Å². The van der Waals surface area contributed by atoms with E-state index >= 15 is 0 Å². The molecule has 14 heavy (non-hydrogen) atoms. The Labute approximate surface area is 101 Å². The second-order valence-corrected chi connectivity index (χ2v) is 4.32. The summed E-state index contributed by atoms with van der Waals surface area (Å²) < 4.78 is 0. The second-order valence-electron chi connectivity index (χ2n) is 2.83. The van der Waals surface area contributed by atoms with Crippen molar-refractivity contribution in [2.45, 2.75) is 12.2 Å². The summed E-state index contributed by atoms with van der Waals surface area (Å²) in [5, 5.41) is 20.2. The molecular weight excluding hydrogens is 291 g/mol. The number of halogens is 3. The minimum atomic E-state index is -1.00. The van der Waals surface area contributed by atoms with Gasteiger partial charge >= 0.3 is 0 Å². The highest BCUT2D eigenvalue weighted by molar-refractivity contribution is 9.09. The van der Waals surface area contributed by atoms with E-state index in [1.165, 1.54) is 6.07 Å². The fraction of sp³-hybridized carbons (Fsp3) is 0.333. The fourth-order valence-electron chi connectivity index (χ4n) is 1.03. The van der Waals surface area contributed by atoms with Gasteiger partial charge in [0.05, 0.1) is 6.10 Å². The zero-order valence-electron chi connectivity index (χ0n) is 7.12. The third-order valence-corrected chi connectivity index (χ3v) is 3.03. The molecule has 2 nitrogen and oxygen atoms in total. The maximum atomic E-state index is 9.65. The summed E-state index contributed by atoms with van der Waals surface area (Å²) in [6, 6.07) is 4.75. The van der Waals surface area contributed by atoms with Gasteiger partial charge in [-0.3, -0.25) is 0 Å². The van der Waals surface area contributed by atoms with Gasteiger partial charge in [0, 0.05) is 20.9 Å². The minimum Gasteiger partial charge on any atom is -0.389 e. The molecule has 1 aromatic carbocycles. The molecule has 2 atom stereocenters. The lowest BCUT2D eigenvalue weighted by atomic mass is 10.1. The molecule has 1 rings (SSSR count). The highest BCUT2D eigenvalue weighted by Crippen LogP contribution is 2.28. The van der Waals surface area contributed by atoms with E-state index in [1.54, 1.807) is 12.1 Å². The summed E-state index contributed by atoms with van der Waals surface area (Å²) in [4.78, 5) is 0. The van der Waals surface area contributed by atoms with Crippen molar-refractivity contribution in [2.24, 2.45) is 0 Å². The van der Waals surface area contributed by atoms with Gasteiger partial charge in [-0.05, 0) is 12.1 Å². The molecule has 0 aromatic heterocycles. The Balaban J connectivity index is 2.95. The summed E-state index contributed by atoms with van der Waals surface area (Å²) in [6.07, 6.45) is -1.88. The molecule has 1 aromatic rings. The lowest BCUT2D eigenvalue weighted by Crippen LogP contribution is -2.19. The van der Waals surface area contributed by atoms with Crippen molar-refractivity contribution < 1.29 is 10.2 Å². The Bertz CT molecular complexity index is 320. The average Bonchev–Trinajstić information content (AvgIpc) is 2.15. The van der Waals surface area contributed by atoms with Crippen LogP contribution in [-0.4, -0.2) is 21.6 Å². The van der Waals surface area contributed by atoms with Crippen molar-refractivity contribution in [1.82, 2.24) is 0 Å². The molecule has 78 valence electrons. The third kappa shape index (κ3) is 2.84. The highest BCUT2D eigenvalue weighted by Gasteiger charge is 2.19. The first kappa shape index (κ1) is 12.3. The van der Waals surface area contributed by atoms with E-state index < -0.39 is 12.2 Å². The number of aliphatic hydroxyl groups excluding tert-OH is 2. The number of alkyl halides is 1. The zero-order chi connectivity index (χ0) is 10.7. The van der Waals surface area contributed by atoms with Crippen LogP contribution in [0, 0.1) is 0 Å². The Hall–Kier alpha value is 0.200. The molecule has 0 heterocycles. The van der Waals surface area contributed by atoms with Crippen LogP contribution >= 0.6 is 39.1 Å². The molecule has 0 fully saturated rings. The zero-order valence-corrected chi connectivity index (χ0v) is 10.2. The molecule has 0 radical (unpaired) electrons. The van der Waals surface area contributed by atoms with Crippen LogP contribution in [0.5, 0.6) is 0 Å². The van der Waals surface area contributed by atoms with Crippen molar-refractivity contribution in [2.75, 3.05) is 5.33 Å². The number of hydrogen-bond acceptors (Lipinski definition) is 2. The number of hydrogen-bond donors (Lipinski definition) is 2. The molecular formula is C9H9BrCl2O2. The Morgan fingerprint density at radius 1 is 1.29 bits per heavy atom. The Morgan fingerprint density at radius 2 is 1.93 bits per heavy atom. The van der Waals surface area contributed by atoms with Crippen LogP contribution in [0.3, 0.4) is 0 Å². The van der Waals surface area contributed by atoms with Crippen LogP contribution in [0.4, 0.5) is 0 Å². The molecule has 0 spiro atoms. The monoisotopic (exact) mass is 298 g/mol. The van der Waals surface area contributed by atoms with E-state index in [2.05, 4.69) is 15.9 Å². The van der Waals surface area contributed by atoms with Gasteiger partial charge in [-0.25, -0.2) is 0 Å². The van der Waals surface area contributed by atoms with Crippen molar-refractivity contribution in [1.29, 1.82) is 0 Å². The van der Waals surface area contributed by atoms with Crippen LogP contribution in [0.25, 0.3) is 0 Å². The lowest BCUT2D eigenvalue weighted by Gasteiger charge is -2.17. The maximum Gasteiger partial charge on any atom is 0.107 e. The van der Waals surface area contributed by atoms with Crippen LogP contribution in [-0.2, 0) is 0 Å². The third-order valence-electron chi connectivity index (χ3n) is 1.80. The predicted octanol–water partition coefficient (Wildman–Crippen LogP) is 2.78. The van der Waals surface area contributed by atoms with Crippen LogP contribution < -0.4 is 0 Å². The molecule has 0 bridgehead atoms. The van der Waals surface area contributed by atoms with E-state index in [1.807, 2.05) is 0 Å². The van der Waals surface area contributed by atoms with Gasteiger partial charge in [0.1, 0.15) is 6.10 Å². The smallest absolute Gasteiger partial charge is 0.107 e. The molecule has 0 aliphatic carbocycles. The first-order valence-corrected chi connectivity index (χ1v) is 5.81. The second kappa shape index (κ2) is 5.33. The summed E-state index contributed by atoms with van der Waals surface area (Å²) in [7, 11) is 0. The van der Waals surface area contributed by atoms with Crippen LogP contribution in [0.1, 0.15) is 11.7 Å². The van der Waals surface area contributed by atoms with Gasteiger partial charge in [-0.1, -0.05) is 45.2 Å². The van der Waals surface area contributed by atoms with E-state index in [0.717, 1.165) is 0 Å². The minimum absolute atomic E-state index is 0.285. The quantitative estimate of drug-likeness (QED) is 0.843. The van der Waals surface area contributed by atoms with Gasteiger partial charge in [0.2, 0.25) is 0 Å². The van der Waals surface area contributed by atoms with E-state index in [0.29, 0.717) is 15.6 Å². The summed E-state index contributed by atoms with van der Waals surface area (Å²) in [6.45, 7) is 0. The molecule has 2 N–H and O–H groups in total. The molecule has 2 unspecified atom stereocenters. The standard InChI is InChI=1S/C9H9BrCl2O2/c10-4-8(13)9(14)6-2-1-5(11)3-7(6)12/h1-3,8-9,13-14H,4H2. The number of benzene rings is 1. The summed E-state index contributed by atoms with van der Waals surface area (Å²) >= 11 is 14.6. The van der Waals surface area contributed by atoms with Crippen molar-refractivity contribution in [3.05, 3.63) is 33.8 Å². The van der Waals surface area contributed by atoms with Gasteiger partial charge in [0.15, 0.2) is 0 Å². The van der Waals surface area contributed by atoms with E-state index in [4.69, 9.17) is 23.2 Å². The van der Waals surface area contributed by atoms with Crippen LogP contribution in [0.15, 0.2) is 18.2 Å². The van der Waals surface area contributed by atoms with Gasteiger partial charge < -0.3 is 10.2 Å². The normalized spacial score (nSPS) is 15.2. The lowest BCUT2D eigenvalue weighted by molar-refractivity contribution is 0.0343. The number of aliphatic hydroxyl groups is 2. The summed E-state index contributed by atoms with van der Waals surface area (Å²) in [5.41, 5.74) is 0.475. The number of rotatable bonds is 3. The molecule has 0 aliphatic rings. The first-order valence-electron chi connectivity index (χ1n) is 3.93. The largest absolute Gasteiger partial charge is 0.389 e. The highest BCUT2D eigenvalue weighted by atomic mass is 79.9. The van der Waals surface area contributed by atoms with E-state index in [9.17, 15) is 10.2 Å². The molecule has 0 saturated carbocycles. The van der Waals surface area contributed by atoms with Gasteiger partial charge in [-0.15, -0.1) is 0 Å². The first-order chi connectivity index (χ1) is 6.56. The Morgan fingerprint density at radius 3 is 2.43 bits per heavy atom. The Kier molecular flexibility index (Phi) is 4.67. The van der Waals surface area contributed by atoms with Crippen molar-refractivity contribution in [3.8, 4) is 0 Å². The molecule has 0 amide bonds. The topological polar surface area (TPSA) is 40.5 Å². The van der Waals surface area contributed by atoms with Gasteiger partial charge in [-0.2, -0.15) is 0 Å². The van der Waals surface area contributed by atoms with Crippen LogP contribution in [0.2, 0.25) is 10.0 Å². The maximum absolute atomic E-state index is 9.65. The SMILES string of the molecule is OC(CBr)C(O)c1ccc(Cl)cc1Cl. The molecule has 0 aliphatic heterocycles. The van der Waals surface area contributed by atoms with Crippen molar-refractivity contribution in [3.63, 3.8) is 0 Å². The predicted molar refractivity (Wildman–Crippen MR) is 61.2 cm³/mol. The summed E-state index contributed by atoms with van der Waals surface area (Å²) in [5.74, 6) is 0. The fourth-order valence-corrected chi connectivity index (χ4v) is 1.91. The molecule has 0 saturated heterocycles. The van der Waals surface area contributed by atoms with Crippen molar-refractivity contribution >= 4 is 39.1 Å². The van der Waals surface area contributed by atoms with Gasteiger partial charge in [0.25, 0.3) is 0 Å².